The van der Waals surface area contributed by atoms with Crippen molar-refractivity contribution >= 4 is 23.4 Å². The molecule has 3 amide bonds. The fourth-order valence-corrected chi connectivity index (χ4v) is 2.16. The zero-order chi connectivity index (χ0) is 18.8. The van der Waals surface area contributed by atoms with Crippen molar-refractivity contribution in [3.05, 3.63) is 42.4 Å². The summed E-state index contributed by atoms with van der Waals surface area (Å²) in [6.07, 6.45) is 1.88. The van der Waals surface area contributed by atoms with Gasteiger partial charge in [0.25, 0.3) is 0 Å². The zero-order valence-corrected chi connectivity index (χ0v) is 14.4. The molecule has 2 aromatic rings. The van der Waals surface area contributed by atoms with Crippen LogP contribution in [0.1, 0.15) is 13.3 Å². The molecule has 0 atom stereocenters. The number of nitrogens with zero attached hydrogens (tertiary/aromatic N) is 2. The lowest BCUT2D eigenvalue weighted by atomic mass is 10.3. The van der Waals surface area contributed by atoms with Gasteiger partial charge in [0.1, 0.15) is 18.6 Å². The number of urea groups is 1. The molecule has 1 heterocycles. The van der Waals surface area contributed by atoms with Gasteiger partial charge in [-0.1, -0.05) is 11.2 Å². The molecule has 1 aromatic carbocycles. The summed E-state index contributed by atoms with van der Waals surface area (Å²) >= 11 is 0. The van der Waals surface area contributed by atoms with Crippen LogP contribution in [0.4, 0.5) is 20.7 Å². The second-order valence-electron chi connectivity index (χ2n) is 5.35. The summed E-state index contributed by atoms with van der Waals surface area (Å²) in [5.41, 5.74) is 0.307. The first kappa shape index (κ1) is 19.4. The third-order valence-electron chi connectivity index (χ3n) is 3.32. The first-order valence-electron chi connectivity index (χ1n) is 8.18. The normalized spacial score (nSPS) is 10.4. The predicted molar refractivity (Wildman–Crippen MR) is 93.2 cm³/mol. The molecule has 0 radical (unpaired) electrons. The zero-order valence-electron chi connectivity index (χ0n) is 14.4. The van der Waals surface area contributed by atoms with E-state index < -0.39 is 17.8 Å². The van der Waals surface area contributed by atoms with Crippen molar-refractivity contribution in [3.63, 3.8) is 0 Å². The number of amides is 3. The number of nitrogens with one attached hydrogen (secondary N) is 2. The maximum atomic E-state index is 13.3. The molecule has 0 saturated heterocycles. The number of hydrogen-bond donors (Lipinski definition) is 2. The van der Waals surface area contributed by atoms with Crippen LogP contribution >= 0.6 is 0 Å². The third kappa shape index (κ3) is 6.52. The maximum absolute atomic E-state index is 13.3. The largest absolute Gasteiger partial charge is 0.382 e. The standard InChI is InChI=1S/C17H21FN4O4/c1-2-25-9-4-8-22(12-16(23)20-15-7-10-26-21-15)17(24)19-14-6-3-5-13(18)11-14/h3,5-7,10-11H,2,4,8-9,12H2,1H3,(H,19,24)(H,20,21,23). The van der Waals surface area contributed by atoms with E-state index in [4.69, 9.17) is 4.74 Å². The minimum absolute atomic E-state index is 0.194. The Kier molecular flexibility index (Phi) is 7.56. The molecule has 140 valence electrons. The predicted octanol–water partition coefficient (Wildman–Crippen LogP) is 2.71. The number of carbonyl (C=O) groups excluding carboxylic acids is 2. The molecule has 8 nitrogen and oxygen atoms in total. The number of carbonyl (C=O) groups is 2. The Morgan fingerprint density at radius 2 is 2.15 bits per heavy atom. The minimum Gasteiger partial charge on any atom is -0.382 e. The van der Waals surface area contributed by atoms with Gasteiger partial charge in [0.2, 0.25) is 5.91 Å². The van der Waals surface area contributed by atoms with Crippen molar-refractivity contribution in [2.24, 2.45) is 0 Å². The van der Waals surface area contributed by atoms with Crippen LogP contribution in [-0.4, -0.2) is 48.3 Å². The first-order valence-corrected chi connectivity index (χ1v) is 8.18. The Balaban J connectivity index is 1.96. The first-order chi connectivity index (χ1) is 12.6. The SMILES string of the molecule is CCOCCCN(CC(=O)Nc1ccon1)C(=O)Nc1cccc(F)c1. The van der Waals surface area contributed by atoms with E-state index in [-0.39, 0.29) is 12.4 Å². The Morgan fingerprint density at radius 1 is 1.31 bits per heavy atom. The summed E-state index contributed by atoms with van der Waals surface area (Å²) in [4.78, 5) is 25.9. The van der Waals surface area contributed by atoms with Crippen LogP contribution in [0.3, 0.4) is 0 Å². The number of anilines is 2. The van der Waals surface area contributed by atoms with E-state index in [0.29, 0.717) is 31.9 Å². The molecular formula is C17H21FN4O4. The van der Waals surface area contributed by atoms with Gasteiger partial charge in [0.05, 0.1) is 0 Å². The Morgan fingerprint density at radius 3 is 2.85 bits per heavy atom. The number of ether oxygens (including phenoxy) is 1. The van der Waals surface area contributed by atoms with Gasteiger partial charge in [-0.2, -0.15) is 0 Å². The molecule has 0 aliphatic heterocycles. The molecule has 0 spiro atoms. The van der Waals surface area contributed by atoms with Gasteiger partial charge >= 0.3 is 6.03 Å². The van der Waals surface area contributed by atoms with Crippen molar-refractivity contribution in [1.82, 2.24) is 10.1 Å². The second kappa shape index (κ2) is 10.1. The van der Waals surface area contributed by atoms with E-state index in [1.165, 1.54) is 35.4 Å². The molecule has 26 heavy (non-hydrogen) atoms. The molecule has 2 N–H and O–H groups in total. The Bertz CT molecular complexity index is 709. The highest BCUT2D eigenvalue weighted by molar-refractivity contribution is 5.96. The lowest BCUT2D eigenvalue weighted by molar-refractivity contribution is -0.116. The van der Waals surface area contributed by atoms with Crippen LogP contribution in [0.2, 0.25) is 0 Å². The molecule has 2 rings (SSSR count). The van der Waals surface area contributed by atoms with Crippen LogP contribution in [0.15, 0.2) is 41.1 Å². The molecule has 0 aliphatic rings. The second-order valence-corrected chi connectivity index (χ2v) is 5.35. The highest BCUT2D eigenvalue weighted by Gasteiger charge is 2.18. The van der Waals surface area contributed by atoms with Gasteiger partial charge in [0, 0.05) is 31.5 Å². The van der Waals surface area contributed by atoms with Gasteiger partial charge < -0.3 is 24.8 Å². The van der Waals surface area contributed by atoms with Crippen LogP contribution in [0.25, 0.3) is 0 Å². The minimum atomic E-state index is -0.512. The van der Waals surface area contributed by atoms with Crippen molar-refractivity contribution < 1.29 is 23.2 Å². The summed E-state index contributed by atoms with van der Waals surface area (Å²) in [6, 6.07) is 6.51. The van der Waals surface area contributed by atoms with E-state index in [1.54, 1.807) is 6.07 Å². The van der Waals surface area contributed by atoms with Gasteiger partial charge in [0.15, 0.2) is 5.82 Å². The molecule has 0 aliphatic carbocycles. The summed E-state index contributed by atoms with van der Waals surface area (Å²) in [7, 11) is 0. The molecule has 0 saturated carbocycles. The summed E-state index contributed by atoms with van der Waals surface area (Å²) in [5, 5.41) is 8.69. The van der Waals surface area contributed by atoms with Gasteiger partial charge in [-0.25, -0.2) is 9.18 Å². The van der Waals surface area contributed by atoms with Crippen molar-refractivity contribution in [2.75, 3.05) is 36.9 Å². The van der Waals surface area contributed by atoms with Gasteiger partial charge in [-0.15, -0.1) is 0 Å². The highest BCUT2D eigenvalue weighted by Crippen LogP contribution is 2.10. The molecular weight excluding hydrogens is 343 g/mol. The fraction of sp³-hybridized carbons (Fsp3) is 0.353. The summed E-state index contributed by atoms with van der Waals surface area (Å²) < 4.78 is 23.2. The molecule has 0 unspecified atom stereocenters. The van der Waals surface area contributed by atoms with Crippen molar-refractivity contribution in [1.29, 1.82) is 0 Å². The Hall–Kier alpha value is -2.94. The van der Waals surface area contributed by atoms with E-state index in [1.807, 2.05) is 6.92 Å². The average molecular weight is 364 g/mol. The van der Waals surface area contributed by atoms with E-state index >= 15 is 0 Å². The average Bonchev–Trinajstić information content (AvgIpc) is 3.10. The smallest absolute Gasteiger partial charge is 0.322 e. The number of halogens is 1. The number of rotatable bonds is 9. The lowest BCUT2D eigenvalue weighted by Gasteiger charge is -2.22. The monoisotopic (exact) mass is 364 g/mol. The lowest BCUT2D eigenvalue weighted by Crippen LogP contribution is -2.41. The molecule has 9 heteroatoms. The van der Waals surface area contributed by atoms with E-state index in [0.717, 1.165) is 0 Å². The summed E-state index contributed by atoms with van der Waals surface area (Å²) in [6.45, 7) is 3.01. The fourth-order valence-electron chi connectivity index (χ4n) is 2.16. The van der Waals surface area contributed by atoms with Crippen LogP contribution in [0, 0.1) is 5.82 Å². The molecule has 0 fully saturated rings. The van der Waals surface area contributed by atoms with Crippen molar-refractivity contribution in [2.45, 2.75) is 13.3 Å². The van der Waals surface area contributed by atoms with Crippen molar-refractivity contribution in [3.8, 4) is 0 Å². The van der Waals surface area contributed by atoms with E-state index in [2.05, 4.69) is 20.3 Å². The van der Waals surface area contributed by atoms with Gasteiger partial charge in [-0.3, -0.25) is 4.79 Å². The van der Waals surface area contributed by atoms with Crippen LogP contribution in [0.5, 0.6) is 0 Å². The van der Waals surface area contributed by atoms with Gasteiger partial charge in [-0.05, 0) is 31.5 Å². The number of aromatic nitrogens is 1. The Labute approximate surface area is 150 Å². The third-order valence-corrected chi connectivity index (χ3v) is 3.32. The highest BCUT2D eigenvalue weighted by atomic mass is 19.1. The van der Waals surface area contributed by atoms with Crippen LogP contribution < -0.4 is 10.6 Å². The maximum Gasteiger partial charge on any atom is 0.322 e. The summed E-state index contributed by atoms with van der Waals surface area (Å²) in [5.74, 6) is -0.631. The molecule has 1 aromatic heterocycles. The van der Waals surface area contributed by atoms with E-state index in [9.17, 15) is 14.0 Å². The quantitative estimate of drug-likeness (QED) is 0.667. The van der Waals surface area contributed by atoms with Crippen LogP contribution in [-0.2, 0) is 9.53 Å². The molecule has 0 bridgehead atoms. The topological polar surface area (TPSA) is 96.7 Å². The number of hydrogen-bond acceptors (Lipinski definition) is 5. The number of benzene rings is 1.